The number of carbonyl (C=O) groups excluding carboxylic acids is 2. The van der Waals surface area contributed by atoms with Gasteiger partial charge < -0.3 is 20.3 Å². The number of nitrogens with one attached hydrogen (secondary N) is 1. The van der Waals surface area contributed by atoms with Gasteiger partial charge in [0.1, 0.15) is 0 Å². The first-order valence-electron chi connectivity index (χ1n) is 35.6. The van der Waals surface area contributed by atoms with Crippen molar-refractivity contribution in [1.29, 1.82) is 0 Å². The van der Waals surface area contributed by atoms with E-state index in [9.17, 15) is 19.8 Å². The Morgan fingerprint density at radius 1 is 0.346 bits per heavy atom. The Hall–Kier alpha value is -1.66. The minimum atomic E-state index is -0.850. The maximum Gasteiger partial charge on any atom is 0.305 e. The predicted molar refractivity (Wildman–Crippen MR) is 343 cm³/mol. The molecule has 78 heavy (non-hydrogen) atoms. The highest BCUT2D eigenvalue weighted by Gasteiger charge is 2.18. The zero-order chi connectivity index (χ0) is 56.4. The van der Waals surface area contributed by atoms with Crippen molar-refractivity contribution in [3.8, 4) is 0 Å². The van der Waals surface area contributed by atoms with Crippen LogP contribution in [0.3, 0.4) is 0 Å². The molecule has 0 bridgehead atoms. The van der Waals surface area contributed by atoms with E-state index in [0.717, 1.165) is 44.9 Å². The number of allylic oxidation sites excluding steroid dienone is 3. The lowest BCUT2D eigenvalue weighted by Gasteiger charge is -2.20. The molecule has 0 aliphatic rings. The van der Waals surface area contributed by atoms with Crippen molar-refractivity contribution in [3.63, 3.8) is 0 Å². The van der Waals surface area contributed by atoms with Gasteiger partial charge in [0, 0.05) is 12.8 Å². The molecule has 3 N–H and O–H groups in total. The molecule has 1 amide bonds. The topological polar surface area (TPSA) is 95.9 Å². The molecule has 2 atom stereocenters. The number of esters is 1. The summed E-state index contributed by atoms with van der Waals surface area (Å²) < 4.78 is 5.50. The van der Waals surface area contributed by atoms with Gasteiger partial charge in [-0.05, 0) is 57.8 Å². The van der Waals surface area contributed by atoms with Crippen molar-refractivity contribution in [2.45, 2.75) is 411 Å². The summed E-state index contributed by atoms with van der Waals surface area (Å²) in [5.74, 6) is -0.0552. The number of ether oxygens (including phenoxy) is 1. The summed E-state index contributed by atoms with van der Waals surface area (Å²) in [4.78, 5) is 24.6. The third kappa shape index (κ3) is 63.5. The summed E-state index contributed by atoms with van der Waals surface area (Å²) in [6, 6.07) is -0.633. The van der Waals surface area contributed by atoms with Crippen molar-refractivity contribution in [1.82, 2.24) is 5.32 Å². The summed E-state index contributed by atoms with van der Waals surface area (Å²) >= 11 is 0. The molecule has 0 rings (SSSR count). The van der Waals surface area contributed by atoms with Gasteiger partial charge in [0.15, 0.2) is 0 Å². The van der Waals surface area contributed by atoms with Crippen molar-refractivity contribution in [2.24, 2.45) is 0 Å². The van der Waals surface area contributed by atoms with E-state index in [0.29, 0.717) is 19.4 Å². The third-order valence-corrected chi connectivity index (χ3v) is 16.7. The quantitative estimate of drug-likeness (QED) is 0.0320. The Kier molecular flexibility index (Phi) is 66.4. The van der Waals surface area contributed by atoms with E-state index < -0.39 is 12.1 Å². The van der Waals surface area contributed by atoms with E-state index in [-0.39, 0.29) is 18.5 Å². The van der Waals surface area contributed by atoms with Gasteiger partial charge in [-0.3, -0.25) is 9.59 Å². The lowest BCUT2D eigenvalue weighted by molar-refractivity contribution is -0.143. The van der Waals surface area contributed by atoms with Gasteiger partial charge in [0.05, 0.1) is 25.4 Å². The maximum absolute atomic E-state index is 12.5. The Labute approximate surface area is 488 Å². The summed E-state index contributed by atoms with van der Waals surface area (Å²) in [6.45, 7) is 4.94. The highest BCUT2D eigenvalue weighted by atomic mass is 16.5. The van der Waals surface area contributed by atoms with E-state index in [1.165, 1.54) is 327 Å². The zero-order valence-electron chi connectivity index (χ0n) is 52.9. The second-order valence-corrected chi connectivity index (χ2v) is 24.6. The molecule has 2 unspecified atom stereocenters. The lowest BCUT2D eigenvalue weighted by atomic mass is 10.0. The highest BCUT2D eigenvalue weighted by molar-refractivity contribution is 5.76. The molecule has 0 aliphatic heterocycles. The first-order chi connectivity index (χ1) is 38.5. The van der Waals surface area contributed by atoms with Gasteiger partial charge in [-0.1, -0.05) is 353 Å². The Bertz CT molecular complexity index is 1220. The molecular formula is C72H139NO5. The molecular weight excluding hydrogens is 959 g/mol. The zero-order valence-corrected chi connectivity index (χ0v) is 52.9. The van der Waals surface area contributed by atoms with Crippen molar-refractivity contribution < 1.29 is 24.5 Å². The number of aliphatic hydroxyl groups excluding tert-OH is 2. The van der Waals surface area contributed by atoms with Gasteiger partial charge in [0.25, 0.3) is 0 Å². The van der Waals surface area contributed by atoms with Crippen LogP contribution in [-0.4, -0.2) is 47.4 Å². The molecule has 0 aromatic rings. The first-order valence-corrected chi connectivity index (χ1v) is 35.6. The minimum Gasteiger partial charge on any atom is -0.466 e. The Morgan fingerprint density at radius 2 is 0.603 bits per heavy atom. The van der Waals surface area contributed by atoms with Crippen LogP contribution in [0.4, 0.5) is 0 Å². The van der Waals surface area contributed by atoms with Gasteiger partial charge in [-0.25, -0.2) is 0 Å². The van der Waals surface area contributed by atoms with Crippen LogP contribution in [0, 0.1) is 0 Å². The van der Waals surface area contributed by atoms with Crippen LogP contribution in [0.2, 0.25) is 0 Å². The fourth-order valence-electron chi connectivity index (χ4n) is 11.3. The monoisotopic (exact) mass is 1100 g/mol. The van der Waals surface area contributed by atoms with Crippen LogP contribution < -0.4 is 5.32 Å². The summed E-state index contributed by atoms with van der Waals surface area (Å²) in [5.41, 5.74) is 0. The van der Waals surface area contributed by atoms with E-state index >= 15 is 0 Å². The van der Waals surface area contributed by atoms with Gasteiger partial charge >= 0.3 is 5.97 Å². The molecule has 0 aromatic heterocycles. The molecule has 0 fully saturated rings. The summed E-state index contributed by atoms with van der Waals surface area (Å²) in [7, 11) is 0. The molecule has 6 heteroatoms. The van der Waals surface area contributed by atoms with Gasteiger partial charge in [0.2, 0.25) is 5.91 Å². The number of amides is 1. The molecule has 0 saturated carbocycles. The van der Waals surface area contributed by atoms with E-state index in [1.54, 1.807) is 6.08 Å². The van der Waals surface area contributed by atoms with Crippen LogP contribution in [0.5, 0.6) is 0 Å². The van der Waals surface area contributed by atoms with Crippen LogP contribution in [0.15, 0.2) is 24.3 Å². The van der Waals surface area contributed by atoms with Crippen molar-refractivity contribution >= 4 is 11.9 Å². The maximum atomic E-state index is 12.5. The summed E-state index contributed by atoms with van der Waals surface area (Å²) in [5, 5.41) is 23.3. The predicted octanol–water partition coefficient (Wildman–Crippen LogP) is 22.9. The minimum absolute atomic E-state index is 0.0148. The smallest absolute Gasteiger partial charge is 0.305 e. The SMILES string of the molecule is CCCCCCCCCCCCCCCCCCCCCCC/C=C/C(O)C(CO)NC(=O)CCCCCCCCC/C=C\CCCCCCCCCCCCCCOC(=O)CCCCCCCCCCCCCCCCC. The van der Waals surface area contributed by atoms with E-state index in [1.807, 2.05) is 6.08 Å². The normalized spacial score (nSPS) is 12.6. The number of hydrogen-bond acceptors (Lipinski definition) is 5. The fraction of sp³-hybridized carbons (Fsp3) is 0.917. The summed E-state index contributed by atoms with van der Waals surface area (Å²) in [6.07, 6.45) is 85.4. The first kappa shape index (κ1) is 76.3. The van der Waals surface area contributed by atoms with E-state index in [4.69, 9.17) is 4.74 Å². The molecule has 0 heterocycles. The number of carbonyl (C=O) groups is 2. The number of hydrogen-bond donors (Lipinski definition) is 3. The molecule has 0 spiro atoms. The van der Waals surface area contributed by atoms with Gasteiger partial charge in [-0.15, -0.1) is 0 Å². The average Bonchev–Trinajstić information content (AvgIpc) is 3.44. The Morgan fingerprint density at radius 3 is 0.910 bits per heavy atom. The Balaban J connectivity index is 3.43. The van der Waals surface area contributed by atoms with Crippen LogP contribution >= 0.6 is 0 Å². The van der Waals surface area contributed by atoms with Crippen molar-refractivity contribution in [3.05, 3.63) is 24.3 Å². The van der Waals surface area contributed by atoms with Crippen LogP contribution in [0.25, 0.3) is 0 Å². The molecule has 0 aromatic carbocycles. The fourth-order valence-corrected chi connectivity index (χ4v) is 11.3. The number of aliphatic hydroxyl groups is 2. The molecule has 0 radical (unpaired) electrons. The molecule has 462 valence electrons. The van der Waals surface area contributed by atoms with Gasteiger partial charge in [-0.2, -0.15) is 0 Å². The second kappa shape index (κ2) is 67.8. The number of unbranched alkanes of at least 4 members (excludes halogenated alkanes) is 54. The second-order valence-electron chi connectivity index (χ2n) is 24.6. The molecule has 0 saturated heterocycles. The molecule has 0 aliphatic carbocycles. The molecule has 6 nitrogen and oxygen atoms in total. The van der Waals surface area contributed by atoms with Crippen LogP contribution in [0.1, 0.15) is 399 Å². The number of rotatable bonds is 67. The average molecular weight is 1100 g/mol. The van der Waals surface area contributed by atoms with Crippen LogP contribution in [-0.2, 0) is 14.3 Å². The highest BCUT2D eigenvalue weighted by Crippen LogP contribution is 2.19. The standard InChI is InChI=1S/C72H139NO5/c1-3-5-7-9-11-13-15-17-19-20-21-22-24-27-30-33-37-40-44-48-52-56-60-64-70(75)69(68-74)73-71(76)65-61-57-53-49-45-41-38-34-31-28-25-23-26-29-32-35-39-43-47-51-55-59-63-67-78-72(77)66-62-58-54-50-46-42-36-18-16-14-12-10-8-6-4-2/h28,31,60,64,69-70,74-75H,3-27,29-30,32-59,61-63,65-68H2,1-2H3,(H,73,76)/b31-28-,64-60+. The van der Waals surface area contributed by atoms with Crippen molar-refractivity contribution in [2.75, 3.05) is 13.2 Å². The third-order valence-electron chi connectivity index (χ3n) is 16.7. The lowest BCUT2D eigenvalue weighted by Crippen LogP contribution is -2.45. The van der Waals surface area contributed by atoms with E-state index in [2.05, 4.69) is 31.3 Å². The largest absolute Gasteiger partial charge is 0.466 e.